The maximum Gasteiger partial charge on any atom is 0.0899 e. The lowest BCUT2D eigenvalue weighted by Crippen LogP contribution is -1.50. The average Bonchev–Trinajstić information content (AvgIpc) is 1.38. The summed E-state index contributed by atoms with van der Waals surface area (Å²) >= 11 is 10.1. The fourth-order valence-electron chi connectivity index (χ4n) is 0. The smallest absolute Gasteiger partial charge is 0.0899 e. The number of halogens is 2. The molecule has 0 saturated heterocycles. The average molecular weight is 110 g/mol. The van der Waals surface area contributed by atoms with E-state index in [1.54, 1.807) is 0 Å². The summed E-state index contributed by atoms with van der Waals surface area (Å²) in [5.41, 5.74) is 0. The molecule has 2 heteroatoms. The van der Waals surface area contributed by atoms with Gasteiger partial charge in [0.1, 0.15) is 0 Å². The van der Waals surface area contributed by atoms with Gasteiger partial charge in [-0.1, -0.05) is 18.2 Å². The van der Waals surface area contributed by atoms with E-state index in [1.807, 2.05) is 0 Å². The number of allylic oxidation sites excluding steroid dienone is 1. The van der Waals surface area contributed by atoms with Crippen molar-refractivity contribution in [1.82, 2.24) is 0 Å². The van der Waals surface area contributed by atoms with Crippen LogP contribution >= 0.6 is 23.2 Å². The first kappa shape index (κ1) is 5.32. The molecule has 0 aromatic heterocycles. The topological polar surface area (TPSA) is 0 Å². The predicted molar refractivity (Wildman–Crippen MR) is 25.1 cm³/mol. The minimum Gasteiger partial charge on any atom is -0.115 e. The zero-order chi connectivity index (χ0) is 4.28. The molecule has 0 spiro atoms. The highest BCUT2D eigenvalue weighted by Crippen LogP contribution is 2.02. The van der Waals surface area contributed by atoms with E-state index < -0.39 is 0 Å². The molecule has 0 rings (SSSR count). The highest BCUT2D eigenvalue weighted by molar-refractivity contribution is 6.38. The monoisotopic (exact) mass is 109 g/mol. The maximum atomic E-state index is 5.08. The van der Waals surface area contributed by atoms with Crippen molar-refractivity contribution in [3.63, 3.8) is 0 Å². The van der Waals surface area contributed by atoms with Crippen LogP contribution in [-0.2, 0) is 0 Å². The van der Waals surface area contributed by atoms with Gasteiger partial charge in [0.2, 0.25) is 0 Å². The van der Waals surface area contributed by atoms with Crippen molar-refractivity contribution >= 4 is 23.2 Å². The zero-order valence-corrected chi connectivity index (χ0v) is 4.05. The largest absolute Gasteiger partial charge is 0.115 e. The van der Waals surface area contributed by atoms with Crippen molar-refractivity contribution in [2.45, 2.75) is 0 Å². The standard InChI is InChI=1S/C3H3Cl2/c1-3(5)2-4/h2H,1H2. The van der Waals surface area contributed by atoms with Gasteiger partial charge in [-0.2, -0.15) is 0 Å². The minimum absolute atomic E-state index is 0.367. The molecule has 0 heterocycles. The normalized spacial score (nSPS) is 7.60. The first-order chi connectivity index (χ1) is 2.27. The van der Waals surface area contributed by atoms with E-state index in [4.69, 9.17) is 23.2 Å². The molecule has 29 valence electrons. The molecule has 1 radical (unpaired) electrons. The van der Waals surface area contributed by atoms with Gasteiger partial charge in [-0.25, -0.2) is 0 Å². The van der Waals surface area contributed by atoms with E-state index in [9.17, 15) is 0 Å². The van der Waals surface area contributed by atoms with Gasteiger partial charge in [-0.05, 0) is 0 Å². The fourth-order valence-corrected chi connectivity index (χ4v) is 0. The van der Waals surface area contributed by atoms with Crippen molar-refractivity contribution in [3.8, 4) is 0 Å². The Labute approximate surface area is 41.4 Å². The Morgan fingerprint density at radius 1 is 1.80 bits per heavy atom. The van der Waals surface area contributed by atoms with Gasteiger partial charge in [0.25, 0.3) is 0 Å². The van der Waals surface area contributed by atoms with E-state index >= 15 is 0 Å². The summed E-state index contributed by atoms with van der Waals surface area (Å²) in [4.78, 5) is 0. The van der Waals surface area contributed by atoms with Gasteiger partial charge >= 0.3 is 0 Å². The van der Waals surface area contributed by atoms with Gasteiger partial charge in [0, 0.05) is 5.03 Å². The molecule has 0 amide bonds. The molecule has 0 nitrogen and oxygen atoms in total. The summed E-state index contributed by atoms with van der Waals surface area (Å²) in [6.07, 6.45) is 0. The Kier molecular flexibility index (Phi) is 2.71. The molecule has 0 atom stereocenters. The lowest BCUT2D eigenvalue weighted by atomic mass is 10.8. The molecule has 0 aromatic carbocycles. The second-order valence-corrected chi connectivity index (χ2v) is 1.26. The number of hydrogen-bond acceptors (Lipinski definition) is 0. The molecule has 0 N–H and O–H groups in total. The molecule has 0 bridgehead atoms. The van der Waals surface area contributed by atoms with E-state index in [0.717, 1.165) is 0 Å². The Bertz CT molecular complexity index is 40.2. The second-order valence-electron chi connectivity index (χ2n) is 0.556. The summed E-state index contributed by atoms with van der Waals surface area (Å²) < 4.78 is 0. The molecule has 5 heavy (non-hydrogen) atoms. The van der Waals surface area contributed by atoms with Crippen molar-refractivity contribution in [1.29, 1.82) is 0 Å². The van der Waals surface area contributed by atoms with Crippen LogP contribution in [0.4, 0.5) is 0 Å². The minimum atomic E-state index is 0.367. The maximum absolute atomic E-state index is 5.08. The molecule has 0 unspecified atom stereocenters. The molecule has 0 aliphatic heterocycles. The second kappa shape index (κ2) is 2.55. The van der Waals surface area contributed by atoms with Crippen molar-refractivity contribution < 1.29 is 0 Å². The van der Waals surface area contributed by atoms with Crippen LogP contribution in [0.1, 0.15) is 0 Å². The van der Waals surface area contributed by atoms with Crippen LogP contribution in [0.5, 0.6) is 0 Å². The van der Waals surface area contributed by atoms with Gasteiger partial charge < -0.3 is 0 Å². The summed E-state index contributed by atoms with van der Waals surface area (Å²) in [6, 6.07) is 0. The van der Waals surface area contributed by atoms with Crippen molar-refractivity contribution in [2.24, 2.45) is 0 Å². The quantitative estimate of drug-likeness (QED) is 0.485. The highest BCUT2D eigenvalue weighted by Gasteiger charge is 1.75. The number of rotatable bonds is 1. The third-order valence-corrected chi connectivity index (χ3v) is 0.603. The molecular weight excluding hydrogens is 107 g/mol. The number of hydrogen-bond donors (Lipinski definition) is 0. The summed E-state index contributed by atoms with van der Waals surface area (Å²) in [7, 11) is 0. The summed E-state index contributed by atoms with van der Waals surface area (Å²) in [5.74, 6) is 1.21. The Morgan fingerprint density at radius 2 is 2.00 bits per heavy atom. The molecular formula is C3H3Cl2. The molecule has 0 aromatic rings. The van der Waals surface area contributed by atoms with Crippen LogP contribution in [0.2, 0.25) is 0 Å². The van der Waals surface area contributed by atoms with Crippen LogP contribution in [-0.4, -0.2) is 0 Å². The zero-order valence-electron chi connectivity index (χ0n) is 2.54. The first-order valence-corrected chi connectivity index (χ1v) is 1.86. The van der Waals surface area contributed by atoms with Crippen LogP contribution in [0.3, 0.4) is 0 Å². The van der Waals surface area contributed by atoms with Gasteiger partial charge in [0.15, 0.2) is 0 Å². The lowest BCUT2D eigenvalue weighted by molar-refractivity contribution is 1.96. The van der Waals surface area contributed by atoms with Gasteiger partial charge in [-0.3, -0.25) is 0 Å². The molecule has 0 saturated carbocycles. The Balaban J connectivity index is 2.85. The van der Waals surface area contributed by atoms with E-state index in [1.165, 1.54) is 5.88 Å². The third kappa shape index (κ3) is 4.32. The third-order valence-electron chi connectivity index (χ3n) is 0.118. The van der Waals surface area contributed by atoms with Crippen molar-refractivity contribution in [2.75, 3.05) is 0 Å². The fraction of sp³-hybridized carbons (Fsp3) is 0. The lowest BCUT2D eigenvalue weighted by Gasteiger charge is -1.72. The van der Waals surface area contributed by atoms with Gasteiger partial charge in [0.05, 0.1) is 5.88 Å². The van der Waals surface area contributed by atoms with Crippen LogP contribution in [0.25, 0.3) is 0 Å². The SMILES string of the molecule is C=C(Cl)[CH]Cl. The van der Waals surface area contributed by atoms with Crippen LogP contribution in [0, 0.1) is 5.88 Å². The van der Waals surface area contributed by atoms with E-state index in [0.29, 0.717) is 5.03 Å². The van der Waals surface area contributed by atoms with Crippen LogP contribution < -0.4 is 0 Å². The Morgan fingerprint density at radius 3 is 2.00 bits per heavy atom. The van der Waals surface area contributed by atoms with Crippen molar-refractivity contribution in [3.05, 3.63) is 17.5 Å². The summed E-state index contributed by atoms with van der Waals surface area (Å²) in [5, 5.41) is 0.367. The van der Waals surface area contributed by atoms with Crippen LogP contribution in [0.15, 0.2) is 11.6 Å². The first-order valence-electron chi connectivity index (χ1n) is 1.05. The highest BCUT2D eigenvalue weighted by atomic mass is 35.5. The Hall–Kier alpha value is 0.320. The molecule has 0 fully saturated rings. The van der Waals surface area contributed by atoms with E-state index in [2.05, 4.69) is 6.58 Å². The van der Waals surface area contributed by atoms with E-state index in [-0.39, 0.29) is 0 Å². The molecule has 0 aliphatic rings. The van der Waals surface area contributed by atoms with Gasteiger partial charge in [-0.15, -0.1) is 11.6 Å². The molecule has 0 aliphatic carbocycles. The predicted octanol–water partition coefficient (Wildman–Crippen LogP) is 2.14. The summed E-state index contributed by atoms with van der Waals surface area (Å²) in [6.45, 7) is 3.25.